The fourth-order valence-electron chi connectivity index (χ4n) is 2.14. The molecule has 3 rings (SSSR count). The van der Waals surface area contributed by atoms with Crippen LogP contribution in [-0.4, -0.2) is 29.0 Å². The summed E-state index contributed by atoms with van der Waals surface area (Å²) in [5, 5.41) is 10.4. The van der Waals surface area contributed by atoms with Crippen molar-refractivity contribution in [3.05, 3.63) is 71.9 Å². The maximum absolute atomic E-state index is 11.9. The Morgan fingerprint density at radius 3 is 2.60 bits per heavy atom. The second-order valence-electron chi connectivity index (χ2n) is 5.16. The average molecular weight is 357 g/mol. The van der Waals surface area contributed by atoms with E-state index < -0.39 is 0 Å². The van der Waals surface area contributed by atoms with Crippen LogP contribution in [0.2, 0.25) is 5.02 Å². The van der Waals surface area contributed by atoms with E-state index in [4.69, 9.17) is 16.3 Å². The Kier molecular flexibility index (Phi) is 5.53. The Hall–Kier alpha value is -2.99. The van der Waals surface area contributed by atoms with Gasteiger partial charge in [-0.2, -0.15) is 0 Å². The van der Waals surface area contributed by atoms with Crippen molar-refractivity contribution in [2.45, 2.75) is 0 Å². The smallest absolute Gasteiger partial charge is 0.320 e. The molecule has 0 unspecified atom stereocenters. The van der Waals surface area contributed by atoms with E-state index in [1.54, 1.807) is 41.2 Å². The standard InChI is InChI=1S/C18H17ClN4O2/c19-14-6-8-16(9-7-14)25-13-11-20-18(24)21-17-10-12-23(22-17)15-4-2-1-3-5-15/h1-10,12H,11,13H2,(H2,20,21,22,24). The van der Waals surface area contributed by atoms with Gasteiger partial charge in [0.1, 0.15) is 12.4 Å². The third-order valence-corrected chi connectivity index (χ3v) is 3.57. The molecule has 2 amide bonds. The van der Waals surface area contributed by atoms with Gasteiger partial charge in [-0.25, -0.2) is 9.48 Å². The maximum Gasteiger partial charge on any atom is 0.320 e. The SMILES string of the molecule is O=C(NCCOc1ccc(Cl)cc1)Nc1ccn(-c2ccccc2)n1. The monoisotopic (exact) mass is 356 g/mol. The number of nitrogens with zero attached hydrogens (tertiary/aromatic N) is 2. The molecule has 2 aromatic carbocycles. The Bertz CT molecular complexity index is 819. The predicted molar refractivity (Wildman–Crippen MR) is 97.5 cm³/mol. The first-order valence-electron chi connectivity index (χ1n) is 7.75. The van der Waals surface area contributed by atoms with E-state index in [1.807, 2.05) is 30.3 Å². The summed E-state index contributed by atoms with van der Waals surface area (Å²) in [5.41, 5.74) is 0.923. The normalized spacial score (nSPS) is 10.3. The summed E-state index contributed by atoms with van der Waals surface area (Å²) in [6, 6.07) is 18.1. The summed E-state index contributed by atoms with van der Waals surface area (Å²) in [5.74, 6) is 1.17. The number of halogens is 1. The molecule has 0 aliphatic heterocycles. The van der Waals surface area contributed by atoms with Crippen LogP contribution < -0.4 is 15.4 Å². The number of para-hydroxylation sites is 1. The van der Waals surface area contributed by atoms with E-state index in [1.165, 1.54) is 0 Å². The molecule has 7 heteroatoms. The van der Waals surface area contributed by atoms with E-state index in [2.05, 4.69) is 15.7 Å². The van der Waals surface area contributed by atoms with E-state index in [0.717, 1.165) is 5.69 Å². The highest BCUT2D eigenvalue weighted by Crippen LogP contribution is 2.15. The first kappa shape index (κ1) is 16.9. The molecule has 0 saturated carbocycles. The van der Waals surface area contributed by atoms with Crippen LogP contribution in [0.3, 0.4) is 0 Å². The van der Waals surface area contributed by atoms with Gasteiger partial charge >= 0.3 is 6.03 Å². The number of carbonyl (C=O) groups is 1. The van der Waals surface area contributed by atoms with Gasteiger partial charge in [-0.3, -0.25) is 5.32 Å². The first-order chi connectivity index (χ1) is 12.2. The summed E-state index contributed by atoms with van der Waals surface area (Å²) in [6.45, 7) is 0.724. The lowest BCUT2D eigenvalue weighted by atomic mass is 10.3. The number of amides is 2. The average Bonchev–Trinajstić information content (AvgIpc) is 3.09. The zero-order valence-electron chi connectivity index (χ0n) is 13.4. The highest BCUT2D eigenvalue weighted by molar-refractivity contribution is 6.30. The summed E-state index contributed by atoms with van der Waals surface area (Å²) < 4.78 is 7.20. The zero-order valence-corrected chi connectivity index (χ0v) is 14.1. The molecule has 128 valence electrons. The number of urea groups is 1. The largest absolute Gasteiger partial charge is 0.492 e. The van der Waals surface area contributed by atoms with Gasteiger partial charge in [0.2, 0.25) is 0 Å². The summed E-state index contributed by atoms with van der Waals surface area (Å²) in [7, 11) is 0. The lowest BCUT2D eigenvalue weighted by Gasteiger charge is -2.08. The minimum atomic E-state index is -0.335. The van der Waals surface area contributed by atoms with E-state index >= 15 is 0 Å². The number of carbonyl (C=O) groups excluding carboxylic acids is 1. The fraction of sp³-hybridized carbons (Fsp3) is 0.111. The second-order valence-corrected chi connectivity index (χ2v) is 5.60. The molecule has 0 saturated heterocycles. The minimum absolute atomic E-state index is 0.335. The number of ether oxygens (including phenoxy) is 1. The molecule has 0 radical (unpaired) electrons. The van der Waals surface area contributed by atoms with Gasteiger partial charge in [-0.15, -0.1) is 5.10 Å². The van der Waals surface area contributed by atoms with Crippen molar-refractivity contribution in [2.75, 3.05) is 18.5 Å². The van der Waals surface area contributed by atoms with Gasteiger partial charge in [-0.1, -0.05) is 29.8 Å². The summed E-state index contributed by atoms with van der Waals surface area (Å²) >= 11 is 5.80. The molecule has 1 heterocycles. The maximum atomic E-state index is 11.9. The van der Waals surface area contributed by atoms with Crippen LogP contribution in [0.4, 0.5) is 10.6 Å². The van der Waals surface area contributed by atoms with E-state index in [9.17, 15) is 4.79 Å². The molecular weight excluding hydrogens is 340 g/mol. The van der Waals surface area contributed by atoms with Crippen LogP contribution in [0.1, 0.15) is 0 Å². The van der Waals surface area contributed by atoms with Crippen molar-refractivity contribution in [1.82, 2.24) is 15.1 Å². The predicted octanol–water partition coefficient (Wildman–Crippen LogP) is 3.73. The Balaban J connectivity index is 1.42. The quantitative estimate of drug-likeness (QED) is 0.661. The molecule has 0 aliphatic rings. The lowest BCUT2D eigenvalue weighted by molar-refractivity contribution is 0.247. The van der Waals surface area contributed by atoms with Crippen molar-refractivity contribution < 1.29 is 9.53 Å². The number of aromatic nitrogens is 2. The molecule has 0 aliphatic carbocycles. The van der Waals surface area contributed by atoms with Gasteiger partial charge < -0.3 is 10.1 Å². The molecule has 6 nitrogen and oxygen atoms in total. The van der Waals surface area contributed by atoms with Crippen LogP contribution in [0, 0.1) is 0 Å². The first-order valence-corrected chi connectivity index (χ1v) is 8.13. The Morgan fingerprint density at radius 1 is 1.08 bits per heavy atom. The molecule has 2 N–H and O–H groups in total. The van der Waals surface area contributed by atoms with Crippen LogP contribution >= 0.6 is 11.6 Å². The summed E-state index contributed by atoms with van der Waals surface area (Å²) in [4.78, 5) is 11.9. The van der Waals surface area contributed by atoms with Crippen molar-refractivity contribution in [1.29, 1.82) is 0 Å². The van der Waals surface area contributed by atoms with Crippen molar-refractivity contribution in [3.63, 3.8) is 0 Å². The highest BCUT2D eigenvalue weighted by atomic mass is 35.5. The molecule has 3 aromatic rings. The number of hydrogen-bond acceptors (Lipinski definition) is 3. The van der Waals surface area contributed by atoms with E-state index in [-0.39, 0.29) is 6.03 Å². The van der Waals surface area contributed by atoms with E-state index in [0.29, 0.717) is 29.7 Å². The van der Waals surface area contributed by atoms with Gasteiger partial charge in [0.05, 0.1) is 12.2 Å². The van der Waals surface area contributed by atoms with Gasteiger partial charge in [-0.05, 0) is 36.4 Å². The van der Waals surface area contributed by atoms with Crippen LogP contribution in [0.5, 0.6) is 5.75 Å². The van der Waals surface area contributed by atoms with Crippen molar-refractivity contribution >= 4 is 23.4 Å². The van der Waals surface area contributed by atoms with Crippen LogP contribution in [-0.2, 0) is 0 Å². The Morgan fingerprint density at radius 2 is 1.84 bits per heavy atom. The van der Waals surface area contributed by atoms with Gasteiger partial charge in [0, 0.05) is 17.3 Å². The molecule has 0 spiro atoms. The molecule has 0 atom stereocenters. The number of nitrogens with one attached hydrogen (secondary N) is 2. The van der Waals surface area contributed by atoms with Crippen molar-refractivity contribution in [3.8, 4) is 11.4 Å². The molecule has 0 bridgehead atoms. The number of benzene rings is 2. The molecular formula is C18H17ClN4O2. The van der Waals surface area contributed by atoms with Crippen LogP contribution in [0.25, 0.3) is 5.69 Å². The topological polar surface area (TPSA) is 68.2 Å². The van der Waals surface area contributed by atoms with Gasteiger partial charge in [0.25, 0.3) is 0 Å². The fourth-order valence-corrected chi connectivity index (χ4v) is 2.27. The second kappa shape index (κ2) is 8.21. The number of anilines is 1. The van der Waals surface area contributed by atoms with Gasteiger partial charge in [0.15, 0.2) is 5.82 Å². The third-order valence-electron chi connectivity index (χ3n) is 3.32. The minimum Gasteiger partial charge on any atom is -0.492 e. The number of rotatable bonds is 6. The van der Waals surface area contributed by atoms with Crippen LogP contribution in [0.15, 0.2) is 66.9 Å². The highest BCUT2D eigenvalue weighted by Gasteiger charge is 2.05. The molecule has 25 heavy (non-hydrogen) atoms. The summed E-state index contributed by atoms with van der Waals surface area (Å²) in [6.07, 6.45) is 1.79. The van der Waals surface area contributed by atoms with Crippen molar-refractivity contribution in [2.24, 2.45) is 0 Å². The number of hydrogen-bond donors (Lipinski definition) is 2. The Labute approximate surface area is 150 Å². The third kappa shape index (κ3) is 4.99. The zero-order chi connectivity index (χ0) is 17.5. The molecule has 1 aromatic heterocycles. The molecule has 0 fully saturated rings. The lowest BCUT2D eigenvalue weighted by Crippen LogP contribution is -2.32.